The van der Waals surface area contributed by atoms with Crippen molar-refractivity contribution in [3.63, 3.8) is 0 Å². The zero-order valence-corrected chi connectivity index (χ0v) is 12.8. The minimum Gasteiger partial charge on any atom is -0.491 e. The molecule has 0 aromatic heterocycles. The average Bonchev–Trinajstić information content (AvgIpc) is 2.66. The minimum absolute atomic E-state index is 0.772. The van der Waals surface area contributed by atoms with E-state index in [1.54, 1.807) is 0 Å². The third-order valence-corrected chi connectivity index (χ3v) is 4.16. The molecule has 0 saturated heterocycles. The van der Waals surface area contributed by atoms with E-state index in [0.717, 1.165) is 47.7 Å². The van der Waals surface area contributed by atoms with Gasteiger partial charge in [-0.05, 0) is 52.2 Å². The molecule has 0 radical (unpaired) electrons. The highest BCUT2D eigenvalue weighted by Gasteiger charge is 2.16. The highest BCUT2D eigenvalue weighted by atomic mass is 79.9. The number of hydrogen-bond acceptors (Lipinski definition) is 3. The number of fused-ring (bicyclic) bond motifs is 1. The van der Waals surface area contributed by atoms with Gasteiger partial charge in [-0.15, -0.1) is 0 Å². The number of rotatable bonds is 2. The standard InChI is InChI=1S/C16H17BrN2O/c17-13-10-12(6-7-14(13)18)11-19-8-3-9-20-16-5-2-1-4-15(16)19/h1-2,4-7,10H,3,8-9,11,18H2. The van der Waals surface area contributed by atoms with Gasteiger partial charge in [-0.3, -0.25) is 0 Å². The van der Waals surface area contributed by atoms with Crippen molar-refractivity contribution >= 4 is 27.3 Å². The van der Waals surface area contributed by atoms with Crippen LogP contribution in [-0.4, -0.2) is 13.2 Å². The zero-order valence-electron chi connectivity index (χ0n) is 11.2. The summed E-state index contributed by atoms with van der Waals surface area (Å²) in [7, 11) is 0. The van der Waals surface area contributed by atoms with Gasteiger partial charge < -0.3 is 15.4 Å². The maximum absolute atomic E-state index is 5.84. The van der Waals surface area contributed by atoms with Crippen molar-refractivity contribution in [2.24, 2.45) is 0 Å². The molecule has 0 unspecified atom stereocenters. The molecule has 0 saturated carbocycles. The number of benzene rings is 2. The molecule has 1 aliphatic heterocycles. The Morgan fingerprint density at radius 3 is 2.90 bits per heavy atom. The summed E-state index contributed by atoms with van der Waals surface area (Å²) in [5.74, 6) is 0.972. The van der Waals surface area contributed by atoms with Crippen LogP contribution in [0.2, 0.25) is 0 Å². The Morgan fingerprint density at radius 1 is 1.20 bits per heavy atom. The first kappa shape index (κ1) is 13.3. The Bertz CT molecular complexity index is 615. The van der Waals surface area contributed by atoms with E-state index in [4.69, 9.17) is 10.5 Å². The maximum Gasteiger partial charge on any atom is 0.142 e. The lowest BCUT2D eigenvalue weighted by Crippen LogP contribution is -2.23. The molecule has 0 bridgehead atoms. The summed E-state index contributed by atoms with van der Waals surface area (Å²) in [5, 5.41) is 0. The normalized spacial score (nSPS) is 14.3. The van der Waals surface area contributed by atoms with Crippen LogP contribution in [0.1, 0.15) is 12.0 Å². The van der Waals surface area contributed by atoms with E-state index in [0.29, 0.717) is 0 Å². The van der Waals surface area contributed by atoms with Crippen LogP contribution in [0, 0.1) is 0 Å². The maximum atomic E-state index is 5.84. The first-order valence-electron chi connectivity index (χ1n) is 6.75. The molecule has 0 spiro atoms. The van der Waals surface area contributed by atoms with E-state index in [1.807, 2.05) is 18.2 Å². The fourth-order valence-electron chi connectivity index (χ4n) is 2.45. The van der Waals surface area contributed by atoms with Crippen molar-refractivity contribution in [3.8, 4) is 5.75 Å². The van der Waals surface area contributed by atoms with Gasteiger partial charge in [-0.2, -0.15) is 0 Å². The molecular weight excluding hydrogens is 316 g/mol. The molecule has 0 amide bonds. The van der Waals surface area contributed by atoms with Crippen LogP contribution in [0.4, 0.5) is 11.4 Å². The molecule has 1 heterocycles. The zero-order chi connectivity index (χ0) is 13.9. The van der Waals surface area contributed by atoms with Gasteiger partial charge in [0.2, 0.25) is 0 Å². The number of nitrogens with zero attached hydrogens (tertiary/aromatic N) is 1. The Hall–Kier alpha value is -1.68. The summed E-state index contributed by atoms with van der Waals surface area (Å²) in [5.41, 5.74) is 9.02. The Morgan fingerprint density at radius 2 is 2.05 bits per heavy atom. The lowest BCUT2D eigenvalue weighted by Gasteiger charge is -2.24. The summed E-state index contributed by atoms with van der Waals surface area (Å²) in [6.45, 7) is 2.64. The average molecular weight is 333 g/mol. The van der Waals surface area contributed by atoms with Crippen LogP contribution in [-0.2, 0) is 6.54 Å². The lowest BCUT2D eigenvalue weighted by molar-refractivity contribution is 0.322. The fourth-order valence-corrected chi connectivity index (χ4v) is 2.88. The van der Waals surface area contributed by atoms with E-state index in [2.05, 4.69) is 45.1 Å². The van der Waals surface area contributed by atoms with E-state index in [1.165, 1.54) is 5.56 Å². The van der Waals surface area contributed by atoms with Crippen LogP contribution in [0.25, 0.3) is 0 Å². The molecule has 1 aliphatic rings. The molecule has 0 aliphatic carbocycles. The number of anilines is 2. The Labute approximate surface area is 127 Å². The second-order valence-electron chi connectivity index (χ2n) is 4.95. The summed E-state index contributed by atoms with van der Waals surface area (Å²) < 4.78 is 6.74. The second-order valence-corrected chi connectivity index (χ2v) is 5.80. The van der Waals surface area contributed by atoms with Gasteiger partial charge in [-0.25, -0.2) is 0 Å². The quantitative estimate of drug-likeness (QED) is 0.849. The number of nitrogens with two attached hydrogens (primary N) is 1. The smallest absolute Gasteiger partial charge is 0.142 e. The summed E-state index contributed by atoms with van der Waals surface area (Å²) in [6, 6.07) is 14.3. The third kappa shape index (κ3) is 2.75. The first-order chi connectivity index (χ1) is 9.74. The summed E-state index contributed by atoms with van der Waals surface area (Å²) >= 11 is 3.49. The highest BCUT2D eigenvalue weighted by molar-refractivity contribution is 9.10. The van der Waals surface area contributed by atoms with Crippen LogP contribution >= 0.6 is 15.9 Å². The fraction of sp³-hybridized carbons (Fsp3) is 0.250. The predicted molar refractivity (Wildman–Crippen MR) is 86.2 cm³/mol. The molecule has 104 valence electrons. The largest absolute Gasteiger partial charge is 0.491 e. The topological polar surface area (TPSA) is 38.5 Å². The van der Waals surface area contributed by atoms with Gasteiger partial charge in [0.05, 0.1) is 12.3 Å². The third-order valence-electron chi connectivity index (χ3n) is 3.47. The van der Waals surface area contributed by atoms with E-state index >= 15 is 0 Å². The van der Waals surface area contributed by atoms with E-state index in [9.17, 15) is 0 Å². The number of hydrogen-bond donors (Lipinski definition) is 1. The van der Waals surface area contributed by atoms with Crippen molar-refractivity contribution in [1.82, 2.24) is 0 Å². The molecule has 2 N–H and O–H groups in total. The molecular formula is C16H17BrN2O. The monoisotopic (exact) mass is 332 g/mol. The molecule has 3 rings (SSSR count). The van der Waals surface area contributed by atoms with E-state index < -0.39 is 0 Å². The number of halogens is 1. The van der Waals surface area contributed by atoms with Gasteiger partial charge >= 0.3 is 0 Å². The van der Waals surface area contributed by atoms with Gasteiger partial charge in [0.1, 0.15) is 5.75 Å². The molecule has 2 aromatic carbocycles. The molecule has 20 heavy (non-hydrogen) atoms. The predicted octanol–water partition coefficient (Wildman–Crippen LogP) is 3.82. The van der Waals surface area contributed by atoms with Crippen LogP contribution < -0.4 is 15.4 Å². The number of ether oxygens (including phenoxy) is 1. The van der Waals surface area contributed by atoms with Gasteiger partial charge in [-0.1, -0.05) is 18.2 Å². The van der Waals surface area contributed by atoms with Crippen LogP contribution in [0.5, 0.6) is 5.75 Å². The minimum atomic E-state index is 0.772. The lowest BCUT2D eigenvalue weighted by atomic mass is 10.1. The molecule has 2 aromatic rings. The van der Waals surface area contributed by atoms with Gasteiger partial charge in [0, 0.05) is 23.2 Å². The van der Waals surface area contributed by atoms with Crippen molar-refractivity contribution in [2.45, 2.75) is 13.0 Å². The van der Waals surface area contributed by atoms with E-state index in [-0.39, 0.29) is 0 Å². The summed E-state index contributed by atoms with van der Waals surface area (Å²) in [6.07, 6.45) is 1.03. The molecule has 0 atom stereocenters. The Kier molecular flexibility index (Phi) is 3.83. The first-order valence-corrected chi connectivity index (χ1v) is 7.54. The highest BCUT2D eigenvalue weighted by Crippen LogP contribution is 2.32. The van der Waals surface area contributed by atoms with Gasteiger partial charge in [0.15, 0.2) is 0 Å². The molecule has 4 heteroatoms. The van der Waals surface area contributed by atoms with Gasteiger partial charge in [0.25, 0.3) is 0 Å². The number of nitrogen functional groups attached to an aromatic ring is 1. The molecule has 0 fully saturated rings. The van der Waals surface area contributed by atoms with Crippen molar-refractivity contribution in [2.75, 3.05) is 23.8 Å². The summed E-state index contributed by atoms with van der Waals surface area (Å²) in [4.78, 5) is 2.36. The van der Waals surface area contributed by atoms with Crippen LogP contribution in [0.15, 0.2) is 46.9 Å². The van der Waals surface area contributed by atoms with Crippen LogP contribution in [0.3, 0.4) is 0 Å². The van der Waals surface area contributed by atoms with Crippen molar-refractivity contribution in [3.05, 3.63) is 52.5 Å². The SMILES string of the molecule is Nc1ccc(CN2CCCOc3ccccc32)cc1Br. The van der Waals surface area contributed by atoms with Crippen molar-refractivity contribution in [1.29, 1.82) is 0 Å². The second kappa shape index (κ2) is 5.75. The molecule has 3 nitrogen and oxygen atoms in total. The van der Waals surface area contributed by atoms with Crippen molar-refractivity contribution < 1.29 is 4.74 Å². The number of para-hydroxylation sites is 2. The Balaban J connectivity index is 1.88.